The summed E-state index contributed by atoms with van der Waals surface area (Å²) in [6.45, 7) is 4.96. The van der Waals surface area contributed by atoms with Crippen molar-refractivity contribution in [2.24, 2.45) is 11.7 Å². The molecule has 0 amide bonds. The lowest BCUT2D eigenvalue weighted by Crippen LogP contribution is -2.18. The van der Waals surface area contributed by atoms with Gasteiger partial charge in [0.05, 0.1) is 11.6 Å². The molecule has 0 saturated heterocycles. The SMILES string of the molecule is COc1ncc(C(CN)C(C)C)cc1Br. The van der Waals surface area contributed by atoms with Crippen molar-refractivity contribution in [3.05, 3.63) is 22.3 Å². The number of ether oxygens (including phenoxy) is 1. The van der Waals surface area contributed by atoms with Gasteiger partial charge in [-0.2, -0.15) is 0 Å². The highest BCUT2D eigenvalue weighted by Gasteiger charge is 2.15. The lowest BCUT2D eigenvalue weighted by atomic mass is 9.90. The van der Waals surface area contributed by atoms with Crippen LogP contribution in [0.15, 0.2) is 16.7 Å². The molecule has 1 heterocycles. The molecule has 0 bridgehead atoms. The zero-order valence-electron chi connectivity index (χ0n) is 9.33. The van der Waals surface area contributed by atoms with Crippen molar-refractivity contribution in [3.63, 3.8) is 0 Å². The summed E-state index contributed by atoms with van der Waals surface area (Å²) in [7, 11) is 1.61. The first-order chi connectivity index (χ1) is 7.10. The van der Waals surface area contributed by atoms with Crippen LogP contribution in [0.5, 0.6) is 5.88 Å². The highest BCUT2D eigenvalue weighted by Crippen LogP contribution is 2.29. The molecular weight excluding hydrogens is 256 g/mol. The van der Waals surface area contributed by atoms with Gasteiger partial charge in [0, 0.05) is 6.20 Å². The third-order valence-electron chi connectivity index (χ3n) is 2.51. The molecule has 84 valence electrons. The molecule has 0 saturated carbocycles. The number of rotatable bonds is 4. The third-order valence-corrected chi connectivity index (χ3v) is 3.08. The summed E-state index contributed by atoms with van der Waals surface area (Å²) in [6, 6.07) is 2.03. The molecule has 4 heteroatoms. The average Bonchev–Trinajstić information content (AvgIpc) is 2.18. The van der Waals surface area contributed by atoms with E-state index < -0.39 is 0 Å². The van der Waals surface area contributed by atoms with Gasteiger partial charge in [0.25, 0.3) is 0 Å². The van der Waals surface area contributed by atoms with Gasteiger partial charge >= 0.3 is 0 Å². The van der Waals surface area contributed by atoms with E-state index in [1.807, 2.05) is 12.3 Å². The minimum Gasteiger partial charge on any atom is -0.480 e. The fourth-order valence-corrected chi connectivity index (χ4v) is 2.11. The summed E-state index contributed by atoms with van der Waals surface area (Å²) < 4.78 is 5.96. The van der Waals surface area contributed by atoms with Crippen LogP contribution in [-0.2, 0) is 0 Å². The third kappa shape index (κ3) is 2.92. The first-order valence-corrected chi connectivity index (χ1v) is 5.79. The van der Waals surface area contributed by atoms with Crippen LogP contribution in [-0.4, -0.2) is 18.6 Å². The molecule has 1 atom stereocenters. The van der Waals surface area contributed by atoms with Crippen LogP contribution in [0.25, 0.3) is 0 Å². The molecular formula is C11H17BrN2O. The fourth-order valence-electron chi connectivity index (χ4n) is 1.59. The van der Waals surface area contributed by atoms with Gasteiger partial charge in [-0.15, -0.1) is 0 Å². The largest absolute Gasteiger partial charge is 0.480 e. The molecule has 1 rings (SSSR count). The zero-order chi connectivity index (χ0) is 11.4. The molecule has 1 unspecified atom stereocenters. The maximum atomic E-state index is 5.75. The first-order valence-electron chi connectivity index (χ1n) is 4.99. The second-order valence-electron chi connectivity index (χ2n) is 3.85. The minimum absolute atomic E-state index is 0.347. The van der Waals surface area contributed by atoms with Crippen LogP contribution in [0, 0.1) is 5.92 Å². The van der Waals surface area contributed by atoms with E-state index in [2.05, 4.69) is 34.8 Å². The monoisotopic (exact) mass is 272 g/mol. The second kappa shape index (κ2) is 5.47. The van der Waals surface area contributed by atoms with Crippen LogP contribution in [0.4, 0.5) is 0 Å². The van der Waals surface area contributed by atoms with Gasteiger partial charge in [0.2, 0.25) is 5.88 Å². The van der Waals surface area contributed by atoms with Gasteiger partial charge in [-0.25, -0.2) is 4.98 Å². The van der Waals surface area contributed by atoms with Crippen LogP contribution < -0.4 is 10.5 Å². The summed E-state index contributed by atoms with van der Waals surface area (Å²) in [4.78, 5) is 4.22. The van der Waals surface area contributed by atoms with Gasteiger partial charge in [0.1, 0.15) is 0 Å². The molecule has 1 aromatic rings. The predicted octanol–water partition coefficient (Wildman–Crippen LogP) is 2.55. The maximum Gasteiger partial charge on any atom is 0.227 e. The molecule has 3 nitrogen and oxygen atoms in total. The van der Waals surface area contributed by atoms with Crippen molar-refractivity contribution in [2.75, 3.05) is 13.7 Å². The summed E-state index contributed by atoms with van der Waals surface area (Å²) >= 11 is 3.43. The van der Waals surface area contributed by atoms with Crippen LogP contribution in [0.2, 0.25) is 0 Å². The Morgan fingerprint density at radius 3 is 2.60 bits per heavy atom. The second-order valence-corrected chi connectivity index (χ2v) is 4.70. The highest BCUT2D eigenvalue weighted by molar-refractivity contribution is 9.10. The quantitative estimate of drug-likeness (QED) is 0.917. The van der Waals surface area contributed by atoms with Gasteiger partial charge in [-0.1, -0.05) is 13.8 Å². The fraction of sp³-hybridized carbons (Fsp3) is 0.545. The Morgan fingerprint density at radius 2 is 2.20 bits per heavy atom. The molecule has 0 aromatic carbocycles. The van der Waals surface area contributed by atoms with Crippen LogP contribution in [0.1, 0.15) is 25.3 Å². The number of hydrogen-bond donors (Lipinski definition) is 1. The Balaban J connectivity index is 3.00. The average molecular weight is 273 g/mol. The maximum absolute atomic E-state index is 5.75. The Morgan fingerprint density at radius 1 is 1.53 bits per heavy atom. The van der Waals surface area contributed by atoms with E-state index in [9.17, 15) is 0 Å². The standard InChI is InChI=1S/C11H17BrN2O/c1-7(2)9(5-13)8-4-10(12)11(15-3)14-6-8/h4,6-7,9H,5,13H2,1-3H3. The van der Waals surface area contributed by atoms with Gasteiger partial charge in [-0.3, -0.25) is 0 Å². The normalized spacial score (nSPS) is 12.9. The van der Waals surface area contributed by atoms with Crippen molar-refractivity contribution < 1.29 is 4.74 Å². The molecule has 0 aliphatic heterocycles. The van der Waals surface area contributed by atoms with E-state index >= 15 is 0 Å². The van der Waals surface area contributed by atoms with E-state index in [1.54, 1.807) is 7.11 Å². The summed E-state index contributed by atoms with van der Waals surface area (Å²) in [5.74, 6) is 1.47. The molecule has 0 spiro atoms. The minimum atomic E-state index is 0.347. The van der Waals surface area contributed by atoms with E-state index in [1.165, 1.54) is 0 Å². The van der Waals surface area contributed by atoms with Crippen LogP contribution in [0.3, 0.4) is 0 Å². The van der Waals surface area contributed by atoms with E-state index in [0.29, 0.717) is 24.3 Å². The molecule has 0 aliphatic rings. The molecule has 0 fully saturated rings. The van der Waals surface area contributed by atoms with E-state index in [0.717, 1.165) is 10.0 Å². The number of aromatic nitrogens is 1. The number of nitrogens with two attached hydrogens (primary N) is 1. The Bertz CT molecular complexity index is 328. The lowest BCUT2D eigenvalue weighted by molar-refractivity contribution is 0.393. The van der Waals surface area contributed by atoms with Crippen LogP contribution >= 0.6 is 15.9 Å². The Labute approximate surface area is 99.2 Å². The first kappa shape index (κ1) is 12.5. The van der Waals surface area contributed by atoms with E-state index in [-0.39, 0.29) is 0 Å². The number of methoxy groups -OCH3 is 1. The smallest absolute Gasteiger partial charge is 0.227 e. The van der Waals surface area contributed by atoms with Crippen molar-refractivity contribution in [3.8, 4) is 5.88 Å². The summed E-state index contributed by atoms with van der Waals surface area (Å²) in [6.07, 6.45) is 1.83. The zero-order valence-corrected chi connectivity index (χ0v) is 10.9. The van der Waals surface area contributed by atoms with Crippen molar-refractivity contribution >= 4 is 15.9 Å². The topological polar surface area (TPSA) is 48.1 Å². The summed E-state index contributed by atoms with van der Waals surface area (Å²) in [5.41, 5.74) is 6.90. The summed E-state index contributed by atoms with van der Waals surface area (Å²) in [5, 5.41) is 0. The van der Waals surface area contributed by atoms with E-state index in [4.69, 9.17) is 10.5 Å². The lowest BCUT2D eigenvalue weighted by Gasteiger charge is -2.19. The number of halogens is 1. The van der Waals surface area contributed by atoms with Crippen molar-refractivity contribution in [1.82, 2.24) is 4.98 Å². The number of hydrogen-bond acceptors (Lipinski definition) is 3. The molecule has 1 aromatic heterocycles. The molecule has 0 aliphatic carbocycles. The Hall–Kier alpha value is -0.610. The van der Waals surface area contributed by atoms with Crippen molar-refractivity contribution in [2.45, 2.75) is 19.8 Å². The molecule has 0 radical (unpaired) electrons. The number of pyridine rings is 1. The highest BCUT2D eigenvalue weighted by atomic mass is 79.9. The number of nitrogens with zero attached hydrogens (tertiary/aromatic N) is 1. The van der Waals surface area contributed by atoms with Gasteiger partial charge in [-0.05, 0) is 45.9 Å². The predicted molar refractivity (Wildman–Crippen MR) is 65.1 cm³/mol. The van der Waals surface area contributed by atoms with Gasteiger partial charge < -0.3 is 10.5 Å². The van der Waals surface area contributed by atoms with Gasteiger partial charge in [0.15, 0.2) is 0 Å². The van der Waals surface area contributed by atoms with Crippen molar-refractivity contribution in [1.29, 1.82) is 0 Å². The molecule has 2 N–H and O–H groups in total. The Kier molecular flexibility index (Phi) is 4.54. The molecule has 15 heavy (non-hydrogen) atoms.